The maximum absolute atomic E-state index is 12.0. The van der Waals surface area contributed by atoms with Crippen molar-refractivity contribution in [1.29, 1.82) is 0 Å². The third-order valence-electron chi connectivity index (χ3n) is 4.60. The Balaban J connectivity index is 1.32. The van der Waals surface area contributed by atoms with Gasteiger partial charge in [0, 0.05) is 51.2 Å². The van der Waals surface area contributed by atoms with Crippen LogP contribution in [0.2, 0.25) is 0 Å². The lowest BCUT2D eigenvalue weighted by Crippen LogP contribution is -2.50. The largest absolute Gasteiger partial charge is 0.346 e. The molecule has 2 amide bonds. The van der Waals surface area contributed by atoms with Crippen LogP contribution < -0.4 is 5.32 Å². The number of hydrogen-bond donors (Lipinski definition) is 1. The molecule has 0 bridgehead atoms. The van der Waals surface area contributed by atoms with Crippen LogP contribution >= 0.6 is 11.3 Å². The van der Waals surface area contributed by atoms with E-state index in [4.69, 9.17) is 0 Å². The second-order valence-corrected chi connectivity index (χ2v) is 7.12. The molecule has 7 nitrogen and oxygen atoms in total. The van der Waals surface area contributed by atoms with Crippen molar-refractivity contribution in [3.63, 3.8) is 0 Å². The van der Waals surface area contributed by atoms with Crippen LogP contribution in [0.3, 0.4) is 0 Å². The lowest BCUT2D eigenvalue weighted by Gasteiger charge is -2.33. The van der Waals surface area contributed by atoms with E-state index in [9.17, 15) is 9.59 Å². The second kappa shape index (κ2) is 8.55. The molecule has 0 spiro atoms. The zero-order valence-corrected chi connectivity index (χ0v) is 14.8. The van der Waals surface area contributed by atoms with Crippen molar-refractivity contribution < 1.29 is 9.59 Å². The smallest absolute Gasteiger partial charge is 0.241 e. The monoisotopic (exact) mass is 351 g/mol. The van der Waals surface area contributed by atoms with Crippen molar-refractivity contribution in [2.75, 3.05) is 52.4 Å². The second-order valence-electron chi connectivity index (χ2n) is 6.40. The zero-order chi connectivity index (χ0) is 16.8. The highest BCUT2D eigenvalue weighted by Crippen LogP contribution is 2.09. The van der Waals surface area contributed by atoms with Crippen molar-refractivity contribution in [3.05, 3.63) is 16.6 Å². The van der Waals surface area contributed by atoms with Crippen LogP contribution in [0.5, 0.6) is 0 Å². The molecule has 1 N–H and O–H groups in total. The molecule has 0 atom stereocenters. The number of amides is 2. The summed E-state index contributed by atoms with van der Waals surface area (Å²) in [7, 11) is 0. The van der Waals surface area contributed by atoms with Gasteiger partial charge in [0.25, 0.3) is 0 Å². The molecule has 132 valence electrons. The minimum atomic E-state index is -0.0597. The van der Waals surface area contributed by atoms with Crippen LogP contribution in [0.4, 0.5) is 0 Å². The highest BCUT2D eigenvalue weighted by Gasteiger charge is 2.21. The van der Waals surface area contributed by atoms with Gasteiger partial charge in [-0.2, -0.15) is 0 Å². The zero-order valence-electron chi connectivity index (χ0n) is 13.9. The topological polar surface area (TPSA) is 68.8 Å². The van der Waals surface area contributed by atoms with Gasteiger partial charge >= 0.3 is 0 Å². The molecule has 3 rings (SSSR count). The molecular weight excluding hydrogens is 326 g/mol. The van der Waals surface area contributed by atoms with E-state index in [2.05, 4.69) is 25.5 Å². The molecule has 3 heterocycles. The van der Waals surface area contributed by atoms with Crippen molar-refractivity contribution in [3.8, 4) is 0 Å². The summed E-state index contributed by atoms with van der Waals surface area (Å²) in [6.07, 6.45) is 2.15. The van der Waals surface area contributed by atoms with Gasteiger partial charge in [-0.25, -0.2) is 4.98 Å². The molecule has 0 saturated carbocycles. The van der Waals surface area contributed by atoms with E-state index in [1.54, 1.807) is 11.3 Å². The Morgan fingerprint density at radius 3 is 2.46 bits per heavy atom. The van der Waals surface area contributed by atoms with Gasteiger partial charge < -0.3 is 10.2 Å². The summed E-state index contributed by atoms with van der Waals surface area (Å²) in [5.74, 6) is -0.0237. The fourth-order valence-corrected chi connectivity index (χ4v) is 3.71. The van der Waals surface area contributed by atoms with Crippen LogP contribution in [-0.4, -0.2) is 83.9 Å². The number of rotatable bonds is 6. The standard InChI is InChI=1S/C16H25N5O2S/c22-15(17-9-16(23)21-3-1-2-4-21)11-20-7-5-19(6-8-20)10-14-12-24-13-18-14/h12-13H,1-11H2,(H,17,22). The van der Waals surface area contributed by atoms with E-state index in [0.717, 1.165) is 64.3 Å². The molecule has 2 aliphatic heterocycles. The first kappa shape index (κ1) is 17.3. The minimum Gasteiger partial charge on any atom is -0.346 e. The predicted molar refractivity (Wildman–Crippen MR) is 92.7 cm³/mol. The molecule has 2 saturated heterocycles. The van der Waals surface area contributed by atoms with E-state index in [1.165, 1.54) is 0 Å². The summed E-state index contributed by atoms with van der Waals surface area (Å²) < 4.78 is 0. The third-order valence-corrected chi connectivity index (χ3v) is 5.23. The van der Waals surface area contributed by atoms with Gasteiger partial charge in [-0.1, -0.05) is 0 Å². The molecule has 1 aromatic heterocycles. The normalized spacial score (nSPS) is 19.6. The number of nitrogens with zero attached hydrogens (tertiary/aromatic N) is 4. The first-order chi connectivity index (χ1) is 11.7. The van der Waals surface area contributed by atoms with Gasteiger partial charge in [0.05, 0.1) is 24.3 Å². The number of hydrogen-bond acceptors (Lipinski definition) is 6. The average Bonchev–Trinajstić information content (AvgIpc) is 3.28. The number of nitrogens with one attached hydrogen (secondary N) is 1. The van der Waals surface area contributed by atoms with E-state index in [1.807, 2.05) is 10.4 Å². The average molecular weight is 351 g/mol. The fraction of sp³-hybridized carbons (Fsp3) is 0.688. The quantitative estimate of drug-likeness (QED) is 0.781. The highest BCUT2D eigenvalue weighted by molar-refractivity contribution is 7.07. The number of aromatic nitrogens is 1. The number of carbonyl (C=O) groups is 2. The van der Waals surface area contributed by atoms with Gasteiger partial charge in [-0.3, -0.25) is 19.4 Å². The first-order valence-electron chi connectivity index (χ1n) is 8.57. The Morgan fingerprint density at radius 2 is 1.79 bits per heavy atom. The van der Waals surface area contributed by atoms with Crippen molar-refractivity contribution in [1.82, 2.24) is 25.0 Å². The van der Waals surface area contributed by atoms with Gasteiger partial charge in [-0.15, -0.1) is 11.3 Å². The van der Waals surface area contributed by atoms with Gasteiger partial charge in [0.2, 0.25) is 11.8 Å². The molecule has 1 aromatic rings. The van der Waals surface area contributed by atoms with Gasteiger partial charge in [-0.05, 0) is 12.8 Å². The third kappa shape index (κ3) is 4.99. The predicted octanol–water partition coefficient (Wildman–Crippen LogP) is -0.000700. The number of piperazine rings is 1. The Hall–Kier alpha value is -1.51. The Morgan fingerprint density at radius 1 is 1.08 bits per heavy atom. The van der Waals surface area contributed by atoms with Crippen molar-refractivity contribution in [2.24, 2.45) is 0 Å². The van der Waals surface area contributed by atoms with E-state index in [0.29, 0.717) is 6.54 Å². The van der Waals surface area contributed by atoms with Crippen molar-refractivity contribution >= 4 is 23.2 Å². The molecule has 0 unspecified atom stereocenters. The Kier molecular flexibility index (Phi) is 6.17. The van der Waals surface area contributed by atoms with E-state index in [-0.39, 0.29) is 18.4 Å². The molecule has 2 fully saturated rings. The van der Waals surface area contributed by atoms with Crippen LogP contribution in [-0.2, 0) is 16.1 Å². The van der Waals surface area contributed by atoms with Crippen LogP contribution in [0.25, 0.3) is 0 Å². The molecule has 0 aromatic carbocycles. The minimum absolute atomic E-state index is 0.0360. The molecular formula is C16H25N5O2S. The summed E-state index contributed by atoms with van der Waals surface area (Å²) in [4.78, 5) is 34.6. The van der Waals surface area contributed by atoms with Crippen molar-refractivity contribution in [2.45, 2.75) is 19.4 Å². The van der Waals surface area contributed by atoms with E-state index >= 15 is 0 Å². The van der Waals surface area contributed by atoms with Crippen LogP contribution in [0.15, 0.2) is 10.9 Å². The summed E-state index contributed by atoms with van der Waals surface area (Å²) in [6, 6.07) is 0. The van der Waals surface area contributed by atoms with Gasteiger partial charge in [0.1, 0.15) is 0 Å². The highest BCUT2D eigenvalue weighted by atomic mass is 32.1. The lowest BCUT2D eigenvalue weighted by atomic mass is 10.3. The lowest BCUT2D eigenvalue weighted by molar-refractivity contribution is -0.132. The molecule has 24 heavy (non-hydrogen) atoms. The molecule has 0 radical (unpaired) electrons. The molecule has 8 heteroatoms. The van der Waals surface area contributed by atoms with Gasteiger partial charge in [0.15, 0.2) is 0 Å². The number of likely N-dealkylation sites (tertiary alicyclic amines) is 1. The fourth-order valence-electron chi connectivity index (χ4n) is 3.16. The first-order valence-corrected chi connectivity index (χ1v) is 9.51. The summed E-state index contributed by atoms with van der Waals surface area (Å²) >= 11 is 1.62. The number of carbonyl (C=O) groups excluding carboxylic acids is 2. The molecule has 0 aliphatic carbocycles. The maximum Gasteiger partial charge on any atom is 0.241 e. The SMILES string of the molecule is O=C(CN1CCN(Cc2cscn2)CC1)NCC(=O)N1CCCC1. The summed E-state index contributed by atoms with van der Waals surface area (Å²) in [5, 5.41) is 4.84. The summed E-state index contributed by atoms with van der Waals surface area (Å²) in [5.41, 5.74) is 2.98. The van der Waals surface area contributed by atoms with E-state index < -0.39 is 0 Å². The van der Waals surface area contributed by atoms with Crippen LogP contribution in [0, 0.1) is 0 Å². The maximum atomic E-state index is 12.0. The summed E-state index contributed by atoms with van der Waals surface area (Å²) in [6.45, 7) is 6.67. The molecule has 2 aliphatic rings. The Bertz CT molecular complexity index is 537. The number of thiazole rings is 1. The Labute approximate surface area is 146 Å². The van der Waals surface area contributed by atoms with Crippen LogP contribution in [0.1, 0.15) is 18.5 Å².